The zero-order chi connectivity index (χ0) is 7.40. The zero-order valence-corrected chi connectivity index (χ0v) is 5.60. The summed E-state index contributed by atoms with van der Waals surface area (Å²) in [6.07, 6.45) is 2.21. The van der Waals surface area contributed by atoms with Crippen LogP contribution in [0.1, 0.15) is 5.56 Å². The summed E-state index contributed by atoms with van der Waals surface area (Å²) in [5.41, 5.74) is 0.581. The molecule has 0 N–H and O–H groups in total. The van der Waals surface area contributed by atoms with Crippen molar-refractivity contribution >= 4 is 0 Å². The Balaban J connectivity index is 2.91. The van der Waals surface area contributed by atoms with Crippen LogP contribution < -0.4 is 0 Å². The van der Waals surface area contributed by atoms with E-state index in [1.54, 1.807) is 18.2 Å². The van der Waals surface area contributed by atoms with E-state index in [-0.39, 0.29) is 5.82 Å². The van der Waals surface area contributed by atoms with Gasteiger partial charge in [0.2, 0.25) is 0 Å². The molecule has 0 bridgehead atoms. The molecule has 1 rings (SSSR count). The number of benzene rings is 1. The number of halogens is 1. The average Bonchev–Trinajstić information content (AvgIpc) is 1.94. The molecule has 0 aromatic heterocycles. The van der Waals surface area contributed by atoms with Crippen LogP contribution in [-0.4, -0.2) is 0 Å². The van der Waals surface area contributed by atoms with Crippen molar-refractivity contribution in [3.63, 3.8) is 0 Å². The number of allylic oxidation sites excluding steroid dienone is 1. The van der Waals surface area contributed by atoms with Gasteiger partial charge >= 0.3 is 0 Å². The highest BCUT2D eigenvalue weighted by Gasteiger charge is 1.95. The van der Waals surface area contributed by atoms with Crippen molar-refractivity contribution in [2.24, 2.45) is 0 Å². The molecule has 0 fully saturated rings. The van der Waals surface area contributed by atoms with E-state index < -0.39 is 0 Å². The van der Waals surface area contributed by atoms with Crippen molar-refractivity contribution in [3.05, 3.63) is 48.3 Å². The molecule has 1 aromatic carbocycles. The van der Waals surface area contributed by atoms with Crippen LogP contribution in [-0.2, 0) is 6.42 Å². The van der Waals surface area contributed by atoms with E-state index in [1.165, 1.54) is 6.07 Å². The summed E-state index contributed by atoms with van der Waals surface area (Å²) >= 11 is 0. The maximum Gasteiger partial charge on any atom is 0.127 e. The van der Waals surface area contributed by atoms with Gasteiger partial charge in [0.15, 0.2) is 0 Å². The van der Waals surface area contributed by atoms with E-state index in [2.05, 4.69) is 12.6 Å². The normalized spacial score (nSPS) is 9.30. The molecule has 0 aliphatic rings. The summed E-state index contributed by atoms with van der Waals surface area (Å²) < 4.78 is 12.7. The van der Waals surface area contributed by atoms with Gasteiger partial charge in [0, 0.05) is 0 Å². The first kappa shape index (κ1) is 7.00. The van der Waals surface area contributed by atoms with Crippen molar-refractivity contribution in [2.45, 2.75) is 6.42 Å². The molecule has 0 saturated heterocycles. The van der Waals surface area contributed by atoms with E-state index in [1.807, 2.05) is 0 Å². The number of hydrogen-bond acceptors (Lipinski definition) is 0. The van der Waals surface area contributed by atoms with Gasteiger partial charge in [-0.25, -0.2) is 4.39 Å². The van der Waals surface area contributed by atoms with Crippen molar-refractivity contribution < 1.29 is 4.39 Å². The molecule has 0 heterocycles. The fourth-order valence-corrected chi connectivity index (χ4v) is 0.752. The van der Waals surface area contributed by atoms with Gasteiger partial charge in [-0.3, -0.25) is 0 Å². The molecule has 10 heavy (non-hydrogen) atoms. The summed E-state index contributed by atoms with van der Waals surface area (Å²) in [5.74, 6) is -0.206. The topological polar surface area (TPSA) is 0 Å². The Labute approximate surface area is 60.0 Å². The van der Waals surface area contributed by atoms with E-state index in [0.717, 1.165) is 0 Å². The lowest BCUT2D eigenvalue weighted by Crippen LogP contribution is -1.85. The molecule has 0 saturated carbocycles. The van der Waals surface area contributed by atoms with E-state index in [9.17, 15) is 4.39 Å². The first-order chi connectivity index (χ1) is 4.84. The Hall–Kier alpha value is -1.11. The molecule has 0 spiro atoms. The minimum absolute atomic E-state index is 0.206. The van der Waals surface area contributed by atoms with Gasteiger partial charge in [-0.15, -0.1) is 6.58 Å². The standard InChI is InChI=1S/C9H8F/c1-2-5-8-6-3-4-7-9(8)10/h2-4,7H,1,5H2. The summed E-state index contributed by atoms with van der Waals surface area (Å²) in [7, 11) is 0. The minimum Gasteiger partial charge on any atom is -0.207 e. The lowest BCUT2D eigenvalue weighted by Gasteiger charge is -1.95. The smallest absolute Gasteiger partial charge is 0.127 e. The number of rotatable bonds is 2. The average molecular weight is 135 g/mol. The maximum atomic E-state index is 12.7. The predicted molar refractivity (Wildman–Crippen MR) is 39.1 cm³/mol. The van der Waals surface area contributed by atoms with Crippen LogP contribution in [0.3, 0.4) is 0 Å². The van der Waals surface area contributed by atoms with Gasteiger partial charge in [-0.05, 0) is 24.1 Å². The third-order valence-electron chi connectivity index (χ3n) is 1.23. The quantitative estimate of drug-likeness (QED) is 0.546. The molecule has 0 aliphatic heterocycles. The molecular formula is C9H8F. The zero-order valence-electron chi connectivity index (χ0n) is 5.60. The largest absolute Gasteiger partial charge is 0.207 e. The molecular weight excluding hydrogens is 127 g/mol. The van der Waals surface area contributed by atoms with Gasteiger partial charge in [-0.2, -0.15) is 0 Å². The van der Waals surface area contributed by atoms with Crippen LogP contribution in [0.25, 0.3) is 0 Å². The van der Waals surface area contributed by atoms with Crippen LogP contribution in [0, 0.1) is 11.9 Å². The molecule has 51 valence electrons. The lowest BCUT2D eigenvalue weighted by atomic mass is 10.1. The van der Waals surface area contributed by atoms with Gasteiger partial charge in [0.05, 0.1) is 0 Å². The first-order valence-corrected chi connectivity index (χ1v) is 3.10. The Morgan fingerprint density at radius 3 is 3.10 bits per heavy atom. The van der Waals surface area contributed by atoms with Gasteiger partial charge < -0.3 is 0 Å². The Morgan fingerprint density at radius 2 is 2.50 bits per heavy atom. The highest BCUT2D eigenvalue weighted by Crippen LogP contribution is 2.05. The molecule has 0 atom stereocenters. The van der Waals surface area contributed by atoms with E-state index >= 15 is 0 Å². The Morgan fingerprint density at radius 1 is 1.70 bits per heavy atom. The SMILES string of the molecule is C=CCc1[c]cccc1F. The van der Waals surface area contributed by atoms with Crippen molar-refractivity contribution in [1.29, 1.82) is 0 Å². The predicted octanol–water partition coefficient (Wildman–Crippen LogP) is 2.35. The van der Waals surface area contributed by atoms with Crippen LogP contribution in [0.2, 0.25) is 0 Å². The molecule has 1 heteroatoms. The Kier molecular flexibility index (Phi) is 2.21. The minimum atomic E-state index is -0.206. The third-order valence-corrected chi connectivity index (χ3v) is 1.23. The van der Waals surface area contributed by atoms with Crippen molar-refractivity contribution in [1.82, 2.24) is 0 Å². The highest BCUT2D eigenvalue weighted by molar-refractivity contribution is 5.17. The van der Waals surface area contributed by atoms with Crippen LogP contribution >= 0.6 is 0 Å². The summed E-state index contributed by atoms with van der Waals surface area (Å²) in [6.45, 7) is 3.51. The lowest BCUT2D eigenvalue weighted by molar-refractivity contribution is 0.614. The maximum absolute atomic E-state index is 12.7. The monoisotopic (exact) mass is 135 g/mol. The molecule has 1 radical (unpaired) electrons. The van der Waals surface area contributed by atoms with Crippen molar-refractivity contribution in [2.75, 3.05) is 0 Å². The second kappa shape index (κ2) is 3.16. The summed E-state index contributed by atoms with van der Waals surface area (Å²) in [4.78, 5) is 0. The van der Waals surface area contributed by atoms with Gasteiger partial charge in [0.1, 0.15) is 5.82 Å². The molecule has 0 amide bonds. The Bertz CT molecular complexity index is 228. The van der Waals surface area contributed by atoms with Crippen LogP contribution in [0.5, 0.6) is 0 Å². The third kappa shape index (κ3) is 1.44. The summed E-state index contributed by atoms with van der Waals surface area (Å²) in [6, 6.07) is 7.54. The summed E-state index contributed by atoms with van der Waals surface area (Å²) in [5, 5.41) is 0. The first-order valence-electron chi connectivity index (χ1n) is 3.10. The van der Waals surface area contributed by atoms with Crippen LogP contribution in [0.4, 0.5) is 4.39 Å². The second-order valence-electron chi connectivity index (χ2n) is 1.99. The van der Waals surface area contributed by atoms with E-state index in [0.29, 0.717) is 12.0 Å². The highest BCUT2D eigenvalue weighted by atomic mass is 19.1. The van der Waals surface area contributed by atoms with Gasteiger partial charge in [-0.1, -0.05) is 18.2 Å². The molecule has 0 aliphatic carbocycles. The van der Waals surface area contributed by atoms with Gasteiger partial charge in [0.25, 0.3) is 0 Å². The fourth-order valence-electron chi connectivity index (χ4n) is 0.752. The van der Waals surface area contributed by atoms with Crippen LogP contribution in [0.15, 0.2) is 30.9 Å². The molecule has 0 nitrogen and oxygen atoms in total. The molecule has 0 unspecified atom stereocenters. The van der Waals surface area contributed by atoms with Crippen molar-refractivity contribution in [3.8, 4) is 0 Å². The fraction of sp³-hybridized carbons (Fsp3) is 0.111. The second-order valence-corrected chi connectivity index (χ2v) is 1.99. The van der Waals surface area contributed by atoms with E-state index in [4.69, 9.17) is 0 Å². The number of hydrogen-bond donors (Lipinski definition) is 0. The molecule has 1 aromatic rings.